The topological polar surface area (TPSA) is 22.2 Å². The monoisotopic (exact) mass is 305 g/mol. The van der Waals surface area contributed by atoms with E-state index in [1.54, 1.807) is 0 Å². The van der Waals surface area contributed by atoms with E-state index in [2.05, 4.69) is 60.4 Å². The Labute approximate surface area is 137 Å². The van der Waals surface area contributed by atoms with Crippen LogP contribution in [0.1, 0.15) is 32.0 Å². The molecule has 0 radical (unpaired) electrons. The average molecular weight is 305 g/mol. The van der Waals surface area contributed by atoms with E-state index in [1.807, 2.05) is 36.4 Å². The van der Waals surface area contributed by atoms with Crippen LogP contribution in [0.15, 0.2) is 71.9 Å². The van der Waals surface area contributed by atoms with E-state index >= 15 is 0 Å². The van der Waals surface area contributed by atoms with Gasteiger partial charge in [0.15, 0.2) is 0 Å². The Balaban J connectivity index is 2.28. The molecule has 0 saturated carbocycles. The molecule has 2 aromatic carbocycles. The second-order valence-corrected chi connectivity index (χ2v) is 5.85. The van der Waals surface area contributed by atoms with Gasteiger partial charge in [-0.1, -0.05) is 43.3 Å². The summed E-state index contributed by atoms with van der Waals surface area (Å²) in [5, 5.41) is 0. The molecule has 0 aliphatic heterocycles. The quantitative estimate of drug-likeness (QED) is 0.661. The number of hydrogen-bond donors (Lipinski definition) is 0. The smallest absolute Gasteiger partial charge is 0.215 e. The van der Waals surface area contributed by atoms with Crippen molar-refractivity contribution in [2.75, 3.05) is 0 Å². The minimum atomic E-state index is 0.404. The van der Waals surface area contributed by atoms with E-state index in [-0.39, 0.29) is 0 Å². The number of rotatable bonds is 4. The fourth-order valence-electron chi connectivity index (χ4n) is 2.73. The van der Waals surface area contributed by atoms with E-state index in [4.69, 9.17) is 4.99 Å². The molecule has 0 N–H and O–H groups in total. The van der Waals surface area contributed by atoms with Gasteiger partial charge in [-0.3, -0.25) is 4.57 Å². The number of nitrogens with zero attached hydrogens (tertiary/aromatic N) is 3. The van der Waals surface area contributed by atoms with Crippen LogP contribution < -0.4 is 5.62 Å². The highest BCUT2D eigenvalue weighted by Crippen LogP contribution is 2.15. The van der Waals surface area contributed by atoms with Crippen molar-refractivity contribution < 1.29 is 0 Å². The van der Waals surface area contributed by atoms with Crippen molar-refractivity contribution in [3.8, 4) is 5.69 Å². The molecule has 3 heteroatoms. The molecule has 0 amide bonds. The van der Waals surface area contributed by atoms with Crippen LogP contribution in [-0.4, -0.2) is 9.13 Å². The maximum absolute atomic E-state index is 4.93. The zero-order valence-electron chi connectivity index (χ0n) is 14.0. The van der Waals surface area contributed by atoms with Gasteiger partial charge in [0.05, 0.1) is 5.69 Å². The molecule has 3 nitrogen and oxygen atoms in total. The molecular weight excluding hydrogens is 282 g/mol. The first-order chi connectivity index (χ1) is 11.2. The summed E-state index contributed by atoms with van der Waals surface area (Å²) >= 11 is 0. The first kappa shape index (κ1) is 15.3. The van der Waals surface area contributed by atoms with Crippen molar-refractivity contribution in [2.45, 2.75) is 33.2 Å². The lowest BCUT2D eigenvalue weighted by Gasteiger charge is -2.12. The zero-order chi connectivity index (χ0) is 16.2. The fourth-order valence-corrected chi connectivity index (χ4v) is 2.73. The van der Waals surface area contributed by atoms with Crippen LogP contribution >= 0.6 is 0 Å². The Morgan fingerprint density at radius 3 is 2.17 bits per heavy atom. The summed E-state index contributed by atoms with van der Waals surface area (Å²) in [4.78, 5) is 4.93. The molecule has 3 aromatic rings. The van der Waals surface area contributed by atoms with Gasteiger partial charge in [0.25, 0.3) is 0 Å². The molecule has 0 fully saturated rings. The summed E-state index contributed by atoms with van der Waals surface area (Å²) < 4.78 is 4.49. The Bertz CT molecular complexity index is 826. The number of benzene rings is 2. The van der Waals surface area contributed by atoms with Gasteiger partial charge >= 0.3 is 0 Å². The molecule has 3 rings (SSSR count). The third-order valence-electron chi connectivity index (χ3n) is 4.17. The van der Waals surface area contributed by atoms with E-state index in [1.165, 1.54) is 5.69 Å². The summed E-state index contributed by atoms with van der Waals surface area (Å²) in [6.45, 7) is 6.58. The first-order valence-corrected chi connectivity index (χ1v) is 8.16. The molecule has 23 heavy (non-hydrogen) atoms. The molecule has 1 atom stereocenters. The molecule has 118 valence electrons. The SMILES string of the molecule is CCC(C)n1cc(C)n(-c2ccccc2)c1=Nc1ccccc1. The minimum Gasteiger partial charge on any atom is -0.314 e. The zero-order valence-corrected chi connectivity index (χ0v) is 14.0. The van der Waals surface area contributed by atoms with Crippen molar-refractivity contribution in [3.63, 3.8) is 0 Å². The lowest BCUT2D eigenvalue weighted by molar-refractivity contribution is 0.505. The maximum Gasteiger partial charge on any atom is 0.215 e. The lowest BCUT2D eigenvalue weighted by atomic mass is 10.2. The molecule has 1 heterocycles. The van der Waals surface area contributed by atoms with E-state index in [0.29, 0.717) is 6.04 Å². The second kappa shape index (κ2) is 6.69. The average Bonchev–Trinajstić information content (AvgIpc) is 2.92. The lowest BCUT2D eigenvalue weighted by Crippen LogP contribution is -2.27. The Hall–Kier alpha value is -2.55. The maximum atomic E-state index is 4.93. The van der Waals surface area contributed by atoms with Gasteiger partial charge in [0.2, 0.25) is 5.62 Å². The Morgan fingerprint density at radius 2 is 1.57 bits per heavy atom. The molecule has 1 unspecified atom stereocenters. The summed E-state index contributed by atoms with van der Waals surface area (Å²) in [7, 11) is 0. The van der Waals surface area contributed by atoms with Gasteiger partial charge in [0, 0.05) is 23.6 Å². The third kappa shape index (κ3) is 3.14. The van der Waals surface area contributed by atoms with Crippen LogP contribution in [0.4, 0.5) is 5.69 Å². The van der Waals surface area contributed by atoms with Gasteiger partial charge in [-0.2, -0.15) is 0 Å². The molecule has 0 saturated heterocycles. The molecular formula is C20H23N3. The van der Waals surface area contributed by atoms with Crippen LogP contribution in [0.5, 0.6) is 0 Å². The van der Waals surface area contributed by atoms with Gasteiger partial charge in [0.1, 0.15) is 0 Å². The fraction of sp³-hybridized carbons (Fsp3) is 0.250. The number of para-hydroxylation sites is 2. The minimum absolute atomic E-state index is 0.404. The molecule has 0 spiro atoms. The second-order valence-electron chi connectivity index (χ2n) is 5.85. The van der Waals surface area contributed by atoms with Crippen molar-refractivity contribution in [1.82, 2.24) is 9.13 Å². The van der Waals surface area contributed by atoms with Crippen LogP contribution in [-0.2, 0) is 0 Å². The highest BCUT2D eigenvalue weighted by molar-refractivity contribution is 5.37. The predicted octanol–water partition coefficient (Wildman–Crippen LogP) is 4.79. The first-order valence-electron chi connectivity index (χ1n) is 8.16. The molecule has 1 aromatic heterocycles. The van der Waals surface area contributed by atoms with Crippen molar-refractivity contribution in [2.24, 2.45) is 4.99 Å². The van der Waals surface area contributed by atoms with Crippen LogP contribution in [0, 0.1) is 6.92 Å². The van der Waals surface area contributed by atoms with Crippen LogP contribution in [0.3, 0.4) is 0 Å². The van der Waals surface area contributed by atoms with Crippen molar-refractivity contribution in [3.05, 3.63) is 78.2 Å². The summed E-state index contributed by atoms with van der Waals surface area (Å²) in [6, 6.07) is 21.0. The largest absolute Gasteiger partial charge is 0.314 e. The summed E-state index contributed by atoms with van der Waals surface area (Å²) in [6.07, 6.45) is 3.27. The van der Waals surface area contributed by atoms with Crippen molar-refractivity contribution in [1.29, 1.82) is 0 Å². The van der Waals surface area contributed by atoms with E-state index in [0.717, 1.165) is 23.4 Å². The molecule has 0 aliphatic rings. The van der Waals surface area contributed by atoms with Gasteiger partial charge in [-0.25, -0.2) is 4.99 Å². The van der Waals surface area contributed by atoms with Crippen LogP contribution in [0.25, 0.3) is 5.69 Å². The normalized spacial score (nSPS) is 13.3. The number of aromatic nitrogens is 2. The predicted molar refractivity (Wildman–Crippen MR) is 95.2 cm³/mol. The van der Waals surface area contributed by atoms with E-state index in [9.17, 15) is 0 Å². The highest BCUT2D eigenvalue weighted by atomic mass is 15.2. The Morgan fingerprint density at radius 1 is 0.957 bits per heavy atom. The van der Waals surface area contributed by atoms with Crippen molar-refractivity contribution >= 4 is 5.69 Å². The molecule has 0 aliphatic carbocycles. The number of aryl methyl sites for hydroxylation is 1. The highest BCUT2D eigenvalue weighted by Gasteiger charge is 2.12. The number of imidazole rings is 1. The van der Waals surface area contributed by atoms with E-state index < -0.39 is 0 Å². The molecule has 0 bridgehead atoms. The number of hydrogen-bond acceptors (Lipinski definition) is 1. The summed E-state index contributed by atoms with van der Waals surface area (Å²) in [5.41, 5.74) is 4.27. The van der Waals surface area contributed by atoms with Crippen LogP contribution in [0.2, 0.25) is 0 Å². The summed E-state index contributed by atoms with van der Waals surface area (Å²) in [5.74, 6) is 0. The van der Waals surface area contributed by atoms with Gasteiger partial charge in [-0.15, -0.1) is 0 Å². The third-order valence-corrected chi connectivity index (χ3v) is 4.17. The van der Waals surface area contributed by atoms with Gasteiger partial charge < -0.3 is 4.57 Å². The van der Waals surface area contributed by atoms with Gasteiger partial charge in [-0.05, 0) is 44.5 Å². The standard InChI is InChI=1S/C20H23N3/c1-4-16(2)22-15-17(3)23(19-13-9-6-10-14-19)20(22)21-18-11-7-5-8-12-18/h5-16H,4H2,1-3H3. The Kier molecular flexibility index (Phi) is 4.47.